The second kappa shape index (κ2) is 7.76. The van der Waals surface area contributed by atoms with Gasteiger partial charge in [-0.1, -0.05) is 47.7 Å². The summed E-state index contributed by atoms with van der Waals surface area (Å²) in [7, 11) is 0. The molecule has 0 spiro atoms. The molecular weight excluding hydrogens is 320 g/mol. The highest BCUT2D eigenvalue weighted by Crippen LogP contribution is 2.25. The number of para-hydroxylation sites is 1. The van der Waals surface area contributed by atoms with Crippen molar-refractivity contribution in [1.82, 2.24) is 0 Å². The Morgan fingerprint density at radius 1 is 1.08 bits per heavy atom. The molecule has 120 valence electrons. The molecule has 0 saturated heterocycles. The minimum atomic E-state index is -0.341. The maximum Gasteiger partial charge on any atom is 0.337 e. The van der Waals surface area contributed by atoms with Gasteiger partial charge in [-0.3, -0.25) is 0 Å². The summed E-state index contributed by atoms with van der Waals surface area (Å²) >= 11 is 1.52. The topological polar surface area (TPSA) is 39.4 Å². The summed E-state index contributed by atoms with van der Waals surface area (Å²) in [5.74, 6) is 7.44. The predicted octanol–water partition coefficient (Wildman–Crippen LogP) is 4.28. The van der Waals surface area contributed by atoms with Crippen molar-refractivity contribution in [2.75, 3.05) is 12.4 Å². The molecule has 0 aliphatic rings. The minimum absolute atomic E-state index is 0.341. The molecule has 0 amide bonds. The van der Waals surface area contributed by atoms with Crippen molar-refractivity contribution in [3.05, 3.63) is 70.6 Å². The molecule has 4 heteroatoms. The summed E-state index contributed by atoms with van der Waals surface area (Å²) in [4.78, 5) is 12.5. The molecule has 24 heavy (non-hydrogen) atoms. The van der Waals surface area contributed by atoms with Gasteiger partial charge in [-0.2, -0.15) is 0 Å². The van der Waals surface area contributed by atoms with Crippen molar-refractivity contribution in [2.24, 2.45) is 0 Å². The van der Waals surface area contributed by atoms with Gasteiger partial charge in [0.2, 0.25) is 0 Å². The zero-order valence-corrected chi connectivity index (χ0v) is 14.1. The Morgan fingerprint density at radius 3 is 2.71 bits per heavy atom. The zero-order chi connectivity index (χ0) is 16.8. The Balaban J connectivity index is 1.57. The maximum absolute atomic E-state index is 11.6. The second-order valence-corrected chi connectivity index (χ2v) is 6.19. The molecule has 0 bridgehead atoms. The van der Waals surface area contributed by atoms with E-state index in [0.29, 0.717) is 17.9 Å². The molecule has 0 atom stereocenters. The van der Waals surface area contributed by atoms with Crippen LogP contribution in [0.2, 0.25) is 0 Å². The second-order valence-electron chi connectivity index (χ2n) is 5.17. The Bertz CT molecular complexity index is 946. The molecular formula is C20H16O3S. The third-order valence-corrected chi connectivity index (χ3v) is 4.31. The first-order valence-corrected chi connectivity index (χ1v) is 8.52. The molecule has 0 unspecified atom stereocenters. The third kappa shape index (κ3) is 4.21. The van der Waals surface area contributed by atoms with Gasteiger partial charge in [0.1, 0.15) is 17.9 Å². The fraction of sp³-hybridized carbons (Fsp3) is 0.150. The molecule has 0 radical (unpaired) electrons. The predicted molar refractivity (Wildman–Crippen MR) is 97.7 cm³/mol. The van der Waals surface area contributed by atoms with Crippen LogP contribution in [0.5, 0.6) is 5.75 Å². The van der Waals surface area contributed by atoms with Crippen molar-refractivity contribution in [3.63, 3.8) is 0 Å². The lowest BCUT2D eigenvalue weighted by atomic mass is 10.2. The van der Waals surface area contributed by atoms with Crippen molar-refractivity contribution < 1.29 is 9.15 Å². The lowest BCUT2D eigenvalue weighted by Crippen LogP contribution is -1.97. The lowest BCUT2D eigenvalue weighted by Gasteiger charge is -2.02. The van der Waals surface area contributed by atoms with Crippen LogP contribution in [0.1, 0.15) is 5.56 Å². The Kier molecular flexibility index (Phi) is 5.25. The minimum Gasteiger partial charge on any atom is -0.481 e. The number of hydrogen-bond donors (Lipinski definition) is 0. The summed E-state index contributed by atoms with van der Waals surface area (Å²) in [6.07, 6.45) is 0. The van der Waals surface area contributed by atoms with Crippen LogP contribution >= 0.6 is 11.8 Å². The molecule has 3 rings (SSSR count). The number of thioether (sulfide) groups is 1. The van der Waals surface area contributed by atoms with E-state index in [1.807, 2.05) is 49.4 Å². The number of aryl methyl sites for hydroxylation is 1. The maximum atomic E-state index is 11.6. The standard InChI is InChI=1S/C20H16O3S/c1-15-8-10-16(11-9-15)22-12-4-5-13-24-19-14-20(21)23-18-7-3-2-6-17(18)19/h2-3,6-11,14H,12-13H2,1H3. The van der Waals surface area contributed by atoms with Crippen LogP contribution in [0.15, 0.2) is 68.7 Å². The van der Waals surface area contributed by atoms with E-state index >= 15 is 0 Å². The highest BCUT2D eigenvalue weighted by atomic mass is 32.2. The lowest BCUT2D eigenvalue weighted by molar-refractivity contribution is 0.370. The quantitative estimate of drug-likeness (QED) is 0.405. The summed E-state index contributed by atoms with van der Waals surface area (Å²) in [5.41, 5.74) is 1.46. The molecule has 1 heterocycles. The van der Waals surface area contributed by atoms with Gasteiger partial charge in [-0.15, -0.1) is 11.8 Å². The van der Waals surface area contributed by atoms with Gasteiger partial charge in [-0.05, 0) is 25.1 Å². The first-order valence-electron chi connectivity index (χ1n) is 7.53. The molecule has 1 aromatic heterocycles. The van der Waals surface area contributed by atoms with E-state index in [4.69, 9.17) is 9.15 Å². The molecule has 0 N–H and O–H groups in total. The third-order valence-electron chi connectivity index (χ3n) is 3.37. The van der Waals surface area contributed by atoms with Crippen LogP contribution in [0.3, 0.4) is 0 Å². The fourth-order valence-corrected chi connectivity index (χ4v) is 3.00. The fourth-order valence-electron chi connectivity index (χ4n) is 2.17. The van der Waals surface area contributed by atoms with E-state index in [0.717, 1.165) is 16.0 Å². The van der Waals surface area contributed by atoms with Crippen molar-refractivity contribution in [2.45, 2.75) is 11.8 Å². The van der Waals surface area contributed by atoms with E-state index < -0.39 is 0 Å². The van der Waals surface area contributed by atoms with Crippen LogP contribution in [-0.4, -0.2) is 12.4 Å². The van der Waals surface area contributed by atoms with Crippen molar-refractivity contribution in [1.29, 1.82) is 0 Å². The van der Waals surface area contributed by atoms with Gasteiger partial charge in [0, 0.05) is 16.3 Å². The summed E-state index contributed by atoms with van der Waals surface area (Å²) in [5, 5.41) is 0.930. The Morgan fingerprint density at radius 2 is 1.88 bits per heavy atom. The Hall–Kier alpha value is -2.64. The summed E-state index contributed by atoms with van der Waals surface area (Å²) in [6.45, 7) is 2.38. The van der Waals surface area contributed by atoms with Crippen LogP contribution in [0, 0.1) is 18.8 Å². The summed E-state index contributed by atoms with van der Waals surface area (Å²) < 4.78 is 10.7. The molecule has 0 aliphatic heterocycles. The van der Waals surface area contributed by atoms with Crippen LogP contribution in [0.25, 0.3) is 11.0 Å². The van der Waals surface area contributed by atoms with Crippen molar-refractivity contribution in [3.8, 4) is 17.6 Å². The molecule has 0 saturated carbocycles. The van der Waals surface area contributed by atoms with Crippen molar-refractivity contribution >= 4 is 22.7 Å². The Labute approximate surface area is 144 Å². The molecule has 0 fully saturated rings. The smallest absolute Gasteiger partial charge is 0.337 e. The molecule has 2 aromatic carbocycles. The monoisotopic (exact) mass is 336 g/mol. The highest BCUT2D eigenvalue weighted by molar-refractivity contribution is 7.99. The van der Waals surface area contributed by atoms with E-state index in [9.17, 15) is 4.79 Å². The van der Waals surface area contributed by atoms with Crippen LogP contribution in [0.4, 0.5) is 0 Å². The normalized spacial score (nSPS) is 10.2. The first kappa shape index (κ1) is 16.2. The first-order chi connectivity index (χ1) is 11.7. The molecule has 0 aliphatic carbocycles. The van der Waals surface area contributed by atoms with E-state index in [2.05, 4.69) is 11.8 Å². The average Bonchev–Trinajstić information content (AvgIpc) is 2.59. The van der Waals surface area contributed by atoms with Gasteiger partial charge < -0.3 is 9.15 Å². The number of fused-ring (bicyclic) bond motifs is 1. The largest absolute Gasteiger partial charge is 0.481 e. The number of hydrogen-bond acceptors (Lipinski definition) is 4. The van der Waals surface area contributed by atoms with Crippen LogP contribution < -0.4 is 10.4 Å². The van der Waals surface area contributed by atoms with Gasteiger partial charge in [-0.25, -0.2) is 4.79 Å². The van der Waals surface area contributed by atoms with E-state index in [1.54, 1.807) is 6.07 Å². The number of ether oxygens (including phenoxy) is 1. The molecule has 3 nitrogen and oxygen atoms in total. The van der Waals surface area contributed by atoms with Gasteiger partial charge in [0.25, 0.3) is 0 Å². The van der Waals surface area contributed by atoms with E-state index in [-0.39, 0.29) is 5.63 Å². The summed E-state index contributed by atoms with van der Waals surface area (Å²) in [6, 6.07) is 16.9. The van der Waals surface area contributed by atoms with Crippen LogP contribution in [-0.2, 0) is 0 Å². The molecule has 3 aromatic rings. The SMILES string of the molecule is Cc1ccc(OCC#CCSc2cc(=O)oc3ccccc23)cc1. The van der Waals surface area contributed by atoms with Gasteiger partial charge in [0.15, 0.2) is 0 Å². The average molecular weight is 336 g/mol. The van der Waals surface area contributed by atoms with E-state index in [1.165, 1.54) is 23.4 Å². The number of benzene rings is 2. The zero-order valence-electron chi connectivity index (χ0n) is 13.2. The van der Waals surface area contributed by atoms with Gasteiger partial charge in [0.05, 0.1) is 5.75 Å². The van der Waals surface area contributed by atoms with Gasteiger partial charge >= 0.3 is 5.63 Å². The number of rotatable bonds is 4. The highest BCUT2D eigenvalue weighted by Gasteiger charge is 2.04.